The summed E-state index contributed by atoms with van der Waals surface area (Å²) in [6, 6.07) is 0. The molecular formula is C13H18N4O2. The lowest BCUT2D eigenvalue weighted by atomic mass is 10.1. The molecule has 0 radical (unpaired) electrons. The number of nitrogens with two attached hydrogens (primary N) is 1. The Kier molecular flexibility index (Phi) is 2.91. The van der Waals surface area contributed by atoms with Crippen LogP contribution in [-0.4, -0.2) is 32.4 Å². The van der Waals surface area contributed by atoms with Gasteiger partial charge in [-0.25, -0.2) is 9.97 Å². The average Bonchev–Trinajstić information content (AvgIpc) is 2.91. The van der Waals surface area contributed by atoms with Gasteiger partial charge in [-0.2, -0.15) is 0 Å². The zero-order chi connectivity index (χ0) is 13.6. The number of nitrogens with zero attached hydrogens (tertiary/aromatic N) is 3. The van der Waals surface area contributed by atoms with Crippen molar-refractivity contribution in [2.75, 3.05) is 12.3 Å². The highest BCUT2D eigenvalue weighted by Crippen LogP contribution is 2.37. The predicted molar refractivity (Wildman–Crippen MR) is 71.5 cm³/mol. The Bertz CT molecular complexity index is 610. The van der Waals surface area contributed by atoms with E-state index in [0.717, 1.165) is 23.0 Å². The zero-order valence-electron chi connectivity index (χ0n) is 11.1. The largest absolute Gasteiger partial charge is 0.394 e. The van der Waals surface area contributed by atoms with Crippen molar-refractivity contribution in [3.63, 3.8) is 0 Å². The van der Waals surface area contributed by atoms with Crippen LogP contribution in [0.1, 0.15) is 25.1 Å². The molecule has 0 spiro atoms. The van der Waals surface area contributed by atoms with Gasteiger partial charge in [0.15, 0.2) is 0 Å². The second-order valence-electron chi connectivity index (χ2n) is 5.22. The second-order valence-corrected chi connectivity index (χ2v) is 5.22. The maximum absolute atomic E-state index is 9.23. The van der Waals surface area contributed by atoms with E-state index in [4.69, 9.17) is 10.5 Å². The highest BCUT2D eigenvalue weighted by molar-refractivity contribution is 5.89. The average molecular weight is 262 g/mol. The van der Waals surface area contributed by atoms with Crippen LogP contribution in [0.15, 0.2) is 12.5 Å². The van der Waals surface area contributed by atoms with E-state index in [9.17, 15) is 5.11 Å². The molecule has 6 heteroatoms. The summed E-state index contributed by atoms with van der Waals surface area (Å²) in [6.45, 7) is 4.16. The summed E-state index contributed by atoms with van der Waals surface area (Å²) in [4.78, 5) is 8.35. The van der Waals surface area contributed by atoms with Crippen molar-refractivity contribution < 1.29 is 9.84 Å². The summed E-state index contributed by atoms with van der Waals surface area (Å²) in [5, 5.41) is 10.1. The Morgan fingerprint density at radius 2 is 2.32 bits per heavy atom. The van der Waals surface area contributed by atoms with Crippen LogP contribution in [0.2, 0.25) is 0 Å². The van der Waals surface area contributed by atoms with Gasteiger partial charge >= 0.3 is 0 Å². The van der Waals surface area contributed by atoms with Crippen LogP contribution in [0.25, 0.3) is 11.0 Å². The van der Waals surface area contributed by atoms with Gasteiger partial charge in [-0.1, -0.05) is 6.92 Å². The Morgan fingerprint density at radius 1 is 1.53 bits per heavy atom. The number of fused-ring (bicyclic) bond motifs is 1. The molecule has 1 fully saturated rings. The number of aryl methyl sites for hydroxylation is 1. The fourth-order valence-electron chi connectivity index (χ4n) is 2.87. The van der Waals surface area contributed by atoms with Gasteiger partial charge in [0.25, 0.3) is 0 Å². The first-order valence-corrected chi connectivity index (χ1v) is 6.45. The summed E-state index contributed by atoms with van der Waals surface area (Å²) in [5.74, 6) is 0.814. The van der Waals surface area contributed by atoms with Crippen molar-refractivity contribution in [1.29, 1.82) is 0 Å². The van der Waals surface area contributed by atoms with Crippen LogP contribution in [-0.2, 0) is 4.74 Å². The minimum atomic E-state index is -0.109. The molecule has 0 aliphatic carbocycles. The number of rotatable bonds is 2. The van der Waals surface area contributed by atoms with Crippen LogP contribution >= 0.6 is 0 Å². The predicted octanol–water partition coefficient (Wildman–Crippen LogP) is 1.24. The minimum absolute atomic E-state index is 0.0517. The molecular weight excluding hydrogens is 244 g/mol. The smallest absolute Gasteiger partial charge is 0.147 e. The Labute approximate surface area is 111 Å². The molecule has 1 aliphatic heterocycles. The van der Waals surface area contributed by atoms with Gasteiger partial charge in [0.1, 0.15) is 24.0 Å². The lowest BCUT2D eigenvalue weighted by Gasteiger charge is -2.18. The number of nitrogen functional groups attached to an aromatic ring is 1. The lowest BCUT2D eigenvalue weighted by Crippen LogP contribution is -2.15. The van der Waals surface area contributed by atoms with Crippen molar-refractivity contribution in [1.82, 2.24) is 14.5 Å². The van der Waals surface area contributed by atoms with Crippen LogP contribution < -0.4 is 5.73 Å². The first-order valence-electron chi connectivity index (χ1n) is 6.45. The first-order chi connectivity index (χ1) is 9.11. The Morgan fingerprint density at radius 3 is 3.00 bits per heavy atom. The summed E-state index contributed by atoms with van der Waals surface area (Å²) < 4.78 is 7.88. The molecule has 1 aliphatic rings. The van der Waals surface area contributed by atoms with Gasteiger partial charge in [0.05, 0.1) is 18.1 Å². The SMILES string of the molecule is Cc1cn([C@@H]2O[C@H](CO)C[C@@H]2C)c2ncnc(N)c12. The molecule has 3 N–H and O–H groups in total. The summed E-state index contributed by atoms with van der Waals surface area (Å²) in [6.07, 6.45) is 4.10. The van der Waals surface area contributed by atoms with Crippen molar-refractivity contribution in [2.45, 2.75) is 32.6 Å². The number of hydrogen-bond donors (Lipinski definition) is 2. The van der Waals surface area contributed by atoms with Crippen LogP contribution in [0, 0.1) is 12.8 Å². The highest BCUT2D eigenvalue weighted by Gasteiger charge is 2.34. The van der Waals surface area contributed by atoms with Gasteiger partial charge < -0.3 is 20.1 Å². The third-order valence-electron chi connectivity index (χ3n) is 3.76. The molecule has 3 rings (SSSR count). The fourth-order valence-corrected chi connectivity index (χ4v) is 2.87. The lowest BCUT2D eigenvalue weighted by molar-refractivity contribution is -0.0292. The second kappa shape index (κ2) is 4.47. The zero-order valence-corrected chi connectivity index (χ0v) is 11.1. The van der Waals surface area contributed by atoms with Crippen molar-refractivity contribution in [3.8, 4) is 0 Å². The third kappa shape index (κ3) is 1.87. The van der Waals surface area contributed by atoms with Gasteiger partial charge in [-0.05, 0) is 18.9 Å². The number of aliphatic hydroxyl groups is 1. The summed E-state index contributed by atoms with van der Waals surface area (Å²) >= 11 is 0. The summed E-state index contributed by atoms with van der Waals surface area (Å²) in [7, 11) is 0. The third-order valence-corrected chi connectivity index (χ3v) is 3.76. The molecule has 19 heavy (non-hydrogen) atoms. The topological polar surface area (TPSA) is 86.2 Å². The van der Waals surface area contributed by atoms with Crippen molar-refractivity contribution in [3.05, 3.63) is 18.1 Å². The van der Waals surface area contributed by atoms with E-state index in [0.29, 0.717) is 11.7 Å². The first kappa shape index (κ1) is 12.4. The number of aromatic nitrogens is 3. The molecule has 1 saturated heterocycles. The molecule has 0 amide bonds. The van der Waals surface area contributed by atoms with Gasteiger partial charge in [-0.3, -0.25) is 0 Å². The Hall–Kier alpha value is -1.66. The Balaban J connectivity index is 2.09. The molecule has 3 atom stereocenters. The monoisotopic (exact) mass is 262 g/mol. The molecule has 0 unspecified atom stereocenters. The van der Waals surface area contributed by atoms with E-state index in [2.05, 4.69) is 16.9 Å². The van der Waals surface area contributed by atoms with Crippen LogP contribution in [0.4, 0.5) is 5.82 Å². The number of hydrogen-bond acceptors (Lipinski definition) is 5. The van der Waals surface area contributed by atoms with E-state index in [-0.39, 0.29) is 18.9 Å². The molecule has 2 aromatic heterocycles. The molecule has 0 aromatic carbocycles. The highest BCUT2D eigenvalue weighted by atomic mass is 16.5. The molecule has 0 saturated carbocycles. The molecule has 2 aromatic rings. The van der Waals surface area contributed by atoms with Crippen molar-refractivity contribution in [2.24, 2.45) is 5.92 Å². The number of aliphatic hydroxyl groups excluding tert-OH is 1. The fraction of sp³-hybridized carbons (Fsp3) is 0.538. The standard InChI is InChI=1S/C13H18N4O2/c1-7-3-9(5-18)19-13(7)17-4-8(2)10-11(14)15-6-16-12(10)17/h4,6-7,9,13,18H,3,5H2,1-2H3,(H2,14,15,16)/t7-,9-,13+/m0/s1. The molecule has 102 valence electrons. The van der Waals surface area contributed by atoms with E-state index in [1.165, 1.54) is 6.33 Å². The molecule has 6 nitrogen and oxygen atoms in total. The van der Waals surface area contributed by atoms with E-state index in [1.807, 2.05) is 17.7 Å². The maximum atomic E-state index is 9.23. The van der Waals surface area contributed by atoms with E-state index >= 15 is 0 Å². The summed E-state index contributed by atoms with van der Waals surface area (Å²) in [5.41, 5.74) is 7.74. The van der Waals surface area contributed by atoms with Gasteiger partial charge in [0.2, 0.25) is 0 Å². The maximum Gasteiger partial charge on any atom is 0.147 e. The van der Waals surface area contributed by atoms with Crippen molar-refractivity contribution >= 4 is 16.9 Å². The molecule has 3 heterocycles. The van der Waals surface area contributed by atoms with E-state index < -0.39 is 0 Å². The van der Waals surface area contributed by atoms with Crippen LogP contribution in [0.5, 0.6) is 0 Å². The minimum Gasteiger partial charge on any atom is -0.394 e. The quantitative estimate of drug-likeness (QED) is 0.850. The number of ether oxygens (including phenoxy) is 1. The normalized spacial score (nSPS) is 27.2. The molecule has 0 bridgehead atoms. The van der Waals surface area contributed by atoms with Gasteiger partial charge in [0, 0.05) is 12.1 Å². The van der Waals surface area contributed by atoms with Gasteiger partial charge in [-0.15, -0.1) is 0 Å². The number of anilines is 1. The van der Waals surface area contributed by atoms with Crippen LogP contribution in [0.3, 0.4) is 0 Å². The van der Waals surface area contributed by atoms with E-state index in [1.54, 1.807) is 0 Å².